The second kappa shape index (κ2) is 6.39. The van der Waals surface area contributed by atoms with E-state index in [2.05, 4.69) is 19.2 Å². The van der Waals surface area contributed by atoms with E-state index in [0.29, 0.717) is 18.9 Å². The van der Waals surface area contributed by atoms with Crippen molar-refractivity contribution >= 4 is 5.91 Å². The number of rotatable bonds is 6. The van der Waals surface area contributed by atoms with Crippen LogP contribution in [-0.4, -0.2) is 23.2 Å². The number of hydrogen-bond donors (Lipinski definition) is 2. The molecule has 0 aliphatic rings. The Bertz CT molecular complexity index is 239. The number of nitrogens with one attached hydrogen (secondary N) is 1. The van der Waals surface area contributed by atoms with Crippen LogP contribution < -0.4 is 5.32 Å². The van der Waals surface area contributed by atoms with Crippen LogP contribution in [0, 0.1) is 11.3 Å². The Morgan fingerprint density at radius 1 is 1.24 bits per heavy atom. The summed E-state index contributed by atoms with van der Waals surface area (Å²) in [4.78, 5) is 11.6. The minimum atomic E-state index is -0.794. The summed E-state index contributed by atoms with van der Waals surface area (Å²) in [5.41, 5.74) is -0.800. The molecule has 0 radical (unpaired) electrons. The molecule has 0 heterocycles. The van der Waals surface area contributed by atoms with Crippen LogP contribution in [0.15, 0.2) is 0 Å². The monoisotopic (exact) mass is 243 g/mol. The van der Waals surface area contributed by atoms with Gasteiger partial charge in [0.25, 0.3) is 0 Å². The summed E-state index contributed by atoms with van der Waals surface area (Å²) in [6, 6.07) is 0. The predicted molar refractivity (Wildman–Crippen MR) is 71.8 cm³/mol. The van der Waals surface area contributed by atoms with Crippen molar-refractivity contribution in [3.63, 3.8) is 0 Å². The molecule has 3 heteroatoms. The highest BCUT2D eigenvalue weighted by atomic mass is 16.3. The Labute approximate surface area is 106 Å². The van der Waals surface area contributed by atoms with E-state index in [-0.39, 0.29) is 11.3 Å². The van der Waals surface area contributed by atoms with E-state index in [9.17, 15) is 9.90 Å². The molecule has 17 heavy (non-hydrogen) atoms. The van der Waals surface area contributed by atoms with Gasteiger partial charge in [-0.05, 0) is 31.1 Å². The molecule has 0 bridgehead atoms. The van der Waals surface area contributed by atoms with Gasteiger partial charge in [0.1, 0.15) is 0 Å². The number of carbonyl (C=O) groups excluding carboxylic acids is 1. The molecule has 102 valence electrons. The molecular formula is C14H29NO2. The fraction of sp³-hybridized carbons (Fsp3) is 0.929. The van der Waals surface area contributed by atoms with E-state index in [1.807, 2.05) is 20.8 Å². The Hall–Kier alpha value is -0.570. The van der Waals surface area contributed by atoms with Crippen molar-refractivity contribution in [1.82, 2.24) is 5.32 Å². The third kappa shape index (κ3) is 10.3. The largest absolute Gasteiger partial charge is 0.388 e. The van der Waals surface area contributed by atoms with Gasteiger partial charge in [0.05, 0.1) is 5.60 Å². The topological polar surface area (TPSA) is 49.3 Å². The average molecular weight is 243 g/mol. The van der Waals surface area contributed by atoms with E-state index < -0.39 is 5.60 Å². The maximum Gasteiger partial charge on any atom is 0.220 e. The lowest BCUT2D eigenvalue weighted by Gasteiger charge is -2.25. The van der Waals surface area contributed by atoms with Gasteiger partial charge in [-0.2, -0.15) is 0 Å². The lowest BCUT2D eigenvalue weighted by molar-refractivity contribution is -0.124. The van der Waals surface area contributed by atoms with Gasteiger partial charge in [-0.1, -0.05) is 34.6 Å². The third-order valence-corrected chi connectivity index (χ3v) is 2.62. The average Bonchev–Trinajstić information content (AvgIpc) is 2.09. The zero-order valence-electron chi connectivity index (χ0n) is 12.3. The summed E-state index contributed by atoms with van der Waals surface area (Å²) < 4.78 is 0. The highest BCUT2D eigenvalue weighted by Crippen LogP contribution is 2.19. The van der Waals surface area contributed by atoms with Gasteiger partial charge in [0, 0.05) is 13.0 Å². The molecule has 0 saturated heterocycles. The zero-order chi connectivity index (χ0) is 13.7. The smallest absolute Gasteiger partial charge is 0.220 e. The fourth-order valence-electron chi connectivity index (χ4n) is 1.52. The number of hydrogen-bond acceptors (Lipinski definition) is 2. The lowest BCUT2D eigenvalue weighted by Crippen LogP contribution is -2.41. The maximum absolute atomic E-state index is 11.6. The predicted octanol–water partition coefficient (Wildman–Crippen LogP) is 2.73. The van der Waals surface area contributed by atoms with Crippen molar-refractivity contribution in [2.24, 2.45) is 11.3 Å². The Kier molecular flexibility index (Phi) is 6.17. The quantitative estimate of drug-likeness (QED) is 0.753. The SMILES string of the molecule is CC(C)CCC(C)(O)CNC(=O)CC(C)(C)C. The van der Waals surface area contributed by atoms with Crippen LogP contribution in [0.3, 0.4) is 0 Å². The first-order valence-corrected chi connectivity index (χ1v) is 6.51. The number of carbonyl (C=O) groups is 1. The minimum absolute atomic E-state index is 0.00608. The summed E-state index contributed by atoms with van der Waals surface area (Å²) in [5, 5.41) is 12.9. The molecule has 0 fully saturated rings. The van der Waals surface area contributed by atoms with E-state index in [1.165, 1.54) is 0 Å². The Morgan fingerprint density at radius 3 is 2.18 bits per heavy atom. The van der Waals surface area contributed by atoms with Crippen LogP contribution in [0.5, 0.6) is 0 Å². The molecule has 2 N–H and O–H groups in total. The lowest BCUT2D eigenvalue weighted by atomic mass is 9.91. The maximum atomic E-state index is 11.6. The molecule has 0 aliphatic carbocycles. The minimum Gasteiger partial charge on any atom is -0.388 e. The summed E-state index contributed by atoms with van der Waals surface area (Å²) in [6.07, 6.45) is 2.19. The van der Waals surface area contributed by atoms with Crippen molar-refractivity contribution in [2.45, 2.75) is 66.4 Å². The van der Waals surface area contributed by atoms with Crippen molar-refractivity contribution in [1.29, 1.82) is 0 Å². The van der Waals surface area contributed by atoms with Gasteiger partial charge in [-0.15, -0.1) is 0 Å². The van der Waals surface area contributed by atoms with Crippen LogP contribution in [0.2, 0.25) is 0 Å². The fourth-order valence-corrected chi connectivity index (χ4v) is 1.52. The molecule has 1 atom stereocenters. The van der Waals surface area contributed by atoms with Gasteiger partial charge in [0.2, 0.25) is 5.91 Å². The van der Waals surface area contributed by atoms with Gasteiger partial charge >= 0.3 is 0 Å². The van der Waals surface area contributed by atoms with Gasteiger partial charge in [-0.25, -0.2) is 0 Å². The van der Waals surface area contributed by atoms with Crippen LogP contribution in [0.4, 0.5) is 0 Å². The summed E-state index contributed by atoms with van der Waals surface area (Å²) in [6.45, 7) is 12.5. The summed E-state index contributed by atoms with van der Waals surface area (Å²) >= 11 is 0. The van der Waals surface area contributed by atoms with Crippen LogP contribution in [0.25, 0.3) is 0 Å². The van der Waals surface area contributed by atoms with Crippen molar-refractivity contribution in [3.05, 3.63) is 0 Å². The van der Waals surface area contributed by atoms with E-state index >= 15 is 0 Å². The normalized spacial score (nSPS) is 15.8. The molecular weight excluding hydrogens is 214 g/mol. The standard InChI is InChI=1S/C14H29NO2/c1-11(2)7-8-14(6,17)10-15-12(16)9-13(3,4)5/h11,17H,7-10H2,1-6H3,(H,15,16). The molecule has 3 nitrogen and oxygen atoms in total. The zero-order valence-corrected chi connectivity index (χ0v) is 12.3. The Morgan fingerprint density at radius 2 is 1.76 bits per heavy atom. The van der Waals surface area contributed by atoms with Gasteiger partial charge in [-0.3, -0.25) is 4.79 Å². The van der Waals surface area contributed by atoms with Crippen molar-refractivity contribution in [3.8, 4) is 0 Å². The molecule has 0 aliphatic heterocycles. The molecule has 0 aromatic carbocycles. The number of amides is 1. The molecule has 0 aromatic heterocycles. The highest BCUT2D eigenvalue weighted by molar-refractivity contribution is 5.76. The molecule has 1 amide bonds. The van der Waals surface area contributed by atoms with Crippen LogP contribution in [0.1, 0.15) is 60.8 Å². The van der Waals surface area contributed by atoms with Crippen molar-refractivity contribution < 1.29 is 9.90 Å². The molecule has 0 saturated carbocycles. The molecule has 1 unspecified atom stereocenters. The molecule has 0 spiro atoms. The highest BCUT2D eigenvalue weighted by Gasteiger charge is 2.23. The van der Waals surface area contributed by atoms with E-state index in [0.717, 1.165) is 12.8 Å². The molecule has 0 rings (SSSR count). The van der Waals surface area contributed by atoms with E-state index in [4.69, 9.17) is 0 Å². The first kappa shape index (κ1) is 16.4. The second-order valence-electron chi connectivity index (χ2n) is 6.94. The van der Waals surface area contributed by atoms with Crippen molar-refractivity contribution in [2.75, 3.05) is 6.54 Å². The Balaban J connectivity index is 3.96. The van der Waals surface area contributed by atoms with Crippen LogP contribution in [-0.2, 0) is 4.79 Å². The first-order valence-electron chi connectivity index (χ1n) is 6.51. The summed E-state index contributed by atoms with van der Waals surface area (Å²) in [5.74, 6) is 0.592. The first-order chi connectivity index (χ1) is 7.52. The van der Waals surface area contributed by atoms with Gasteiger partial charge < -0.3 is 10.4 Å². The number of aliphatic hydroxyl groups is 1. The second-order valence-corrected chi connectivity index (χ2v) is 6.94. The summed E-state index contributed by atoms with van der Waals surface area (Å²) in [7, 11) is 0. The van der Waals surface area contributed by atoms with Crippen LogP contribution >= 0.6 is 0 Å². The molecule has 0 aromatic rings. The van der Waals surface area contributed by atoms with E-state index in [1.54, 1.807) is 6.92 Å². The van der Waals surface area contributed by atoms with Gasteiger partial charge in [0.15, 0.2) is 0 Å². The third-order valence-electron chi connectivity index (χ3n) is 2.62.